The van der Waals surface area contributed by atoms with Gasteiger partial charge >= 0.3 is 0 Å². The molecule has 5 heteroatoms. The number of benzene rings is 1. The summed E-state index contributed by atoms with van der Waals surface area (Å²) >= 11 is 0. The molecular formula is C16H26N2O3. The van der Waals surface area contributed by atoms with Crippen LogP contribution in [0, 0.1) is 0 Å². The van der Waals surface area contributed by atoms with Crippen molar-refractivity contribution in [2.75, 3.05) is 20.7 Å². The molecule has 5 nitrogen and oxygen atoms in total. The molecule has 0 spiro atoms. The lowest BCUT2D eigenvalue weighted by atomic mass is 10.1. The zero-order chi connectivity index (χ0) is 15.8. The predicted octanol–water partition coefficient (Wildman–Crippen LogP) is 2.27. The normalized spacial score (nSPS) is 13.4. The van der Waals surface area contributed by atoms with Crippen molar-refractivity contribution in [2.45, 2.75) is 39.3 Å². The number of rotatable bonds is 8. The molecule has 0 heterocycles. The van der Waals surface area contributed by atoms with Crippen LogP contribution in [0.15, 0.2) is 18.2 Å². The second kappa shape index (κ2) is 8.52. The summed E-state index contributed by atoms with van der Waals surface area (Å²) in [6.45, 7) is 6.46. The van der Waals surface area contributed by atoms with Gasteiger partial charge in [0.25, 0.3) is 5.91 Å². The summed E-state index contributed by atoms with van der Waals surface area (Å²) in [7, 11) is 3.49. The maximum Gasteiger partial charge on any atom is 0.260 e. The third kappa shape index (κ3) is 4.93. The molecule has 118 valence electrons. The van der Waals surface area contributed by atoms with Gasteiger partial charge in [0, 0.05) is 24.2 Å². The SMILES string of the molecule is CCCNC(=O)C(C)Oc1cc(OC)ccc1C(C)NC. The third-order valence-corrected chi connectivity index (χ3v) is 3.34. The number of amides is 1. The van der Waals surface area contributed by atoms with Gasteiger partial charge in [0.05, 0.1) is 7.11 Å². The molecule has 2 atom stereocenters. The number of nitrogens with one attached hydrogen (secondary N) is 2. The summed E-state index contributed by atoms with van der Waals surface area (Å²) in [5, 5.41) is 6.01. The topological polar surface area (TPSA) is 59.6 Å². The fourth-order valence-electron chi connectivity index (χ4n) is 1.89. The van der Waals surface area contributed by atoms with Crippen molar-refractivity contribution < 1.29 is 14.3 Å². The van der Waals surface area contributed by atoms with Crippen LogP contribution in [-0.2, 0) is 4.79 Å². The average molecular weight is 294 g/mol. The number of ether oxygens (including phenoxy) is 2. The molecule has 0 aromatic heterocycles. The number of carbonyl (C=O) groups excluding carboxylic acids is 1. The largest absolute Gasteiger partial charge is 0.497 e. The maximum absolute atomic E-state index is 11.9. The van der Waals surface area contributed by atoms with E-state index in [-0.39, 0.29) is 11.9 Å². The summed E-state index contributed by atoms with van der Waals surface area (Å²) in [6, 6.07) is 5.77. The molecule has 2 unspecified atom stereocenters. The highest BCUT2D eigenvalue weighted by Gasteiger charge is 2.18. The Balaban J connectivity index is 2.90. The monoisotopic (exact) mass is 294 g/mol. The molecule has 21 heavy (non-hydrogen) atoms. The molecule has 0 aliphatic heterocycles. The van der Waals surface area contributed by atoms with Crippen molar-refractivity contribution in [3.8, 4) is 11.5 Å². The van der Waals surface area contributed by atoms with E-state index in [1.165, 1.54) is 0 Å². The predicted molar refractivity (Wildman–Crippen MR) is 83.9 cm³/mol. The van der Waals surface area contributed by atoms with E-state index in [1.54, 1.807) is 14.0 Å². The van der Waals surface area contributed by atoms with Crippen molar-refractivity contribution in [2.24, 2.45) is 0 Å². The smallest absolute Gasteiger partial charge is 0.260 e. The molecule has 1 aromatic carbocycles. The minimum absolute atomic E-state index is 0.109. The van der Waals surface area contributed by atoms with E-state index >= 15 is 0 Å². The van der Waals surface area contributed by atoms with Gasteiger partial charge in [0.15, 0.2) is 6.10 Å². The molecule has 0 aliphatic rings. The maximum atomic E-state index is 11.9. The first-order valence-corrected chi connectivity index (χ1v) is 7.33. The van der Waals surface area contributed by atoms with Gasteiger partial charge in [-0.1, -0.05) is 13.0 Å². The lowest BCUT2D eigenvalue weighted by Crippen LogP contribution is -2.37. The second-order valence-corrected chi connectivity index (χ2v) is 4.97. The first-order valence-electron chi connectivity index (χ1n) is 7.33. The van der Waals surface area contributed by atoms with Crippen LogP contribution in [0.2, 0.25) is 0 Å². The average Bonchev–Trinajstić information content (AvgIpc) is 2.51. The van der Waals surface area contributed by atoms with Crippen LogP contribution in [0.4, 0.5) is 0 Å². The Morgan fingerprint density at radius 2 is 2.05 bits per heavy atom. The molecule has 0 fully saturated rings. The zero-order valence-electron chi connectivity index (χ0n) is 13.5. The second-order valence-electron chi connectivity index (χ2n) is 4.97. The highest BCUT2D eigenvalue weighted by molar-refractivity contribution is 5.80. The Morgan fingerprint density at radius 3 is 2.62 bits per heavy atom. The Morgan fingerprint density at radius 1 is 1.33 bits per heavy atom. The van der Waals surface area contributed by atoms with Gasteiger partial charge in [0.1, 0.15) is 11.5 Å². The molecule has 0 aliphatic carbocycles. The molecular weight excluding hydrogens is 268 g/mol. The van der Waals surface area contributed by atoms with Crippen LogP contribution in [0.25, 0.3) is 0 Å². The lowest BCUT2D eigenvalue weighted by molar-refractivity contribution is -0.127. The van der Waals surface area contributed by atoms with Crippen LogP contribution in [-0.4, -0.2) is 32.7 Å². The Hall–Kier alpha value is -1.75. The van der Waals surface area contributed by atoms with E-state index in [4.69, 9.17) is 9.47 Å². The summed E-state index contributed by atoms with van der Waals surface area (Å²) in [6.07, 6.45) is 0.353. The summed E-state index contributed by atoms with van der Waals surface area (Å²) in [5.74, 6) is 1.26. The van der Waals surface area contributed by atoms with Gasteiger partial charge < -0.3 is 20.1 Å². The standard InChI is InChI=1S/C16H26N2O3/c1-6-9-18-16(19)12(3)21-15-10-13(20-5)7-8-14(15)11(2)17-4/h7-8,10-12,17H,6,9H2,1-5H3,(H,18,19). The van der Waals surface area contributed by atoms with Gasteiger partial charge in [-0.05, 0) is 33.4 Å². The fourth-order valence-corrected chi connectivity index (χ4v) is 1.89. The number of carbonyl (C=O) groups is 1. The van der Waals surface area contributed by atoms with Crippen LogP contribution < -0.4 is 20.1 Å². The van der Waals surface area contributed by atoms with E-state index in [9.17, 15) is 4.79 Å². The zero-order valence-corrected chi connectivity index (χ0v) is 13.5. The molecule has 0 radical (unpaired) electrons. The molecule has 0 bridgehead atoms. The summed E-state index contributed by atoms with van der Waals surface area (Å²) in [5.41, 5.74) is 0.994. The van der Waals surface area contributed by atoms with Crippen LogP contribution >= 0.6 is 0 Å². The number of hydrogen-bond donors (Lipinski definition) is 2. The quantitative estimate of drug-likeness (QED) is 0.772. The molecule has 1 rings (SSSR count). The highest BCUT2D eigenvalue weighted by atomic mass is 16.5. The van der Waals surface area contributed by atoms with Gasteiger partial charge in [-0.2, -0.15) is 0 Å². The lowest BCUT2D eigenvalue weighted by Gasteiger charge is -2.20. The van der Waals surface area contributed by atoms with Gasteiger partial charge in [-0.25, -0.2) is 0 Å². The minimum atomic E-state index is -0.550. The summed E-state index contributed by atoms with van der Waals surface area (Å²) < 4.78 is 11.1. The number of methoxy groups -OCH3 is 1. The fraction of sp³-hybridized carbons (Fsp3) is 0.562. The molecule has 0 saturated carbocycles. The minimum Gasteiger partial charge on any atom is -0.497 e. The summed E-state index contributed by atoms with van der Waals surface area (Å²) in [4.78, 5) is 11.9. The Kier molecular flexibility index (Phi) is 7.02. The van der Waals surface area contributed by atoms with E-state index in [0.717, 1.165) is 12.0 Å². The highest BCUT2D eigenvalue weighted by Crippen LogP contribution is 2.30. The number of hydrogen-bond acceptors (Lipinski definition) is 4. The molecule has 2 N–H and O–H groups in total. The van der Waals surface area contributed by atoms with Gasteiger partial charge in [-0.3, -0.25) is 4.79 Å². The van der Waals surface area contributed by atoms with Crippen molar-refractivity contribution in [1.82, 2.24) is 10.6 Å². The molecule has 0 saturated heterocycles. The van der Waals surface area contributed by atoms with Crippen molar-refractivity contribution in [3.63, 3.8) is 0 Å². The first-order chi connectivity index (χ1) is 10.0. The van der Waals surface area contributed by atoms with Crippen LogP contribution in [0.5, 0.6) is 11.5 Å². The van der Waals surface area contributed by atoms with Crippen molar-refractivity contribution in [3.05, 3.63) is 23.8 Å². The van der Waals surface area contributed by atoms with Crippen molar-refractivity contribution in [1.29, 1.82) is 0 Å². The molecule has 1 aromatic rings. The van der Waals surface area contributed by atoms with E-state index in [1.807, 2.05) is 39.1 Å². The first kappa shape index (κ1) is 17.3. The Bertz CT molecular complexity index is 463. The van der Waals surface area contributed by atoms with E-state index in [0.29, 0.717) is 18.0 Å². The molecule has 1 amide bonds. The Labute approximate surface area is 127 Å². The van der Waals surface area contributed by atoms with E-state index < -0.39 is 6.10 Å². The van der Waals surface area contributed by atoms with Gasteiger partial charge in [-0.15, -0.1) is 0 Å². The third-order valence-electron chi connectivity index (χ3n) is 3.34. The van der Waals surface area contributed by atoms with Gasteiger partial charge in [0.2, 0.25) is 0 Å². The van der Waals surface area contributed by atoms with Crippen LogP contribution in [0.1, 0.15) is 38.8 Å². The van der Waals surface area contributed by atoms with Crippen molar-refractivity contribution >= 4 is 5.91 Å². The van der Waals surface area contributed by atoms with E-state index in [2.05, 4.69) is 10.6 Å². The van der Waals surface area contributed by atoms with Crippen LogP contribution in [0.3, 0.4) is 0 Å².